The van der Waals surface area contributed by atoms with E-state index < -0.39 is 0 Å². The summed E-state index contributed by atoms with van der Waals surface area (Å²) < 4.78 is 2.46. The van der Waals surface area contributed by atoms with E-state index >= 15 is 0 Å². The van der Waals surface area contributed by atoms with E-state index in [1.165, 1.54) is 55.2 Å². The largest absolute Gasteiger partial charge is 0.345 e. The molecule has 0 unspecified atom stereocenters. The summed E-state index contributed by atoms with van der Waals surface area (Å²) in [5.74, 6) is 0. The van der Waals surface area contributed by atoms with E-state index in [2.05, 4.69) is 48.7 Å². The minimum absolute atomic E-state index is 1.17. The van der Waals surface area contributed by atoms with Gasteiger partial charge < -0.3 is 4.57 Å². The van der Waals surface area contributed by atoms with E-state index in [1.807, 2.05) is 0 Å². The van der Waals surface area contributed by atoms with Crippen LogP contribution in [0.5, 0.6) is 0 Å². The molecule has 0 N–H and O–H groups in total. The van der Waals surface area contributed by atoms with Crippen LogP contribution in [0.15, 0.2) is 30.3 Å². The maximum atomic E-state index is 2.46. The first-order valence-corrected chi connectivity index (χ1v) is 6.88. The standard InChI is InChI=1S/C16H23N/c1-3-4-5-6-9-12-17-14(2)13-15-10-7-8-11-16(15)17/h7-8,10-11,13H,3-6,9,12H2,1-2H3. The Hall–Kier alpha value is -1.24. The topological polar surface area (TPSA) is 4.93 Å². The SMILES string of the molecule is CCCCCCCn1c(C)cc2ccccc21. The van der Waals surface area contributed by atoms with Gasteiger partial charge in [-0.25, -0.2) is 0 Å². The predicted octanol–water partition coefficient (Wildman–Crippen LogP) is 4.92. The lowest BCUT2D eigenvalue weighted by Gasteiger charge is -2.08. The highest BCUT2D eigenvalue weighted by Crippen LogP contribution is 2.20. The van der Waals surface area contributed by atoms with E-state index in [1.54, 1.807) is 0 Å². The van der Waals surface area contributed by atoms with Crippen molar-refractivity contribution in [3.8, 4) is 0 Å². The summed E-state index contributed by atoms with van der Waals surface area (Å²) in [6, 6.07) is 11.0. The van der Waals surface area contributed by atoms with Gasteiger partial charge in [-0.3, -0.25) is 0 Å². The Morgan fingerprint density at radius 1 is 1.00 bits per heavy atom. The zero-order chi connectivity index (χ0) is 12.1. The molecule has 2 rings (SSSR count). The average Bonchev–Trinajstić information content (AvgIpc) is 2.65. The molecule has 0 spiro atoms. The Bertz CT molecular complexity index is 467. The molecule has 2 aromatic rings. The fraction of sp³-hybridized carbons (Fsp3) is 0.500. The second-order valence-corrected chi connectivity index (χ2v) is 4.91. The van der Waals surface area contributed by atoms with Crippen LogP contribution in [0.1, 0.15) is 44.7 Å². The molecule has 92 valence electrons. The molecule has 1 aromatic carbocycles. The Morgan fingerprint density at radius 3 is 2.59 bits per heavy atom. The maximum absolute atomic E-state index is 2.46. The second-order valence-electron chi connectivity index (χ2n) is 4.91. The highest BCUT2D eigenvalue weighted by atomic mass is 15.0. The molecule has 0 aliphatic rings. The first-order chi connectivity index (χ1) is 8.33. The lowest BCUT2D eigenvalue weighted by molar-refractivity contribution is 0.572. The maximum Gasteiger partial charge on any atom is 0.0482 e. The molecule has 0 saturated carbocycles. The van der Waals surface area contributed by atoms with Crippen molar-refractivity contribution in [2.24, 2.45) is 0 Å². The Morgan fingerprint density at radius 2 is 1.76 bits per heavy atom. The molecule has 0 atom stereocenters. The first-order valence-electron chi connectivity index (χ1n) is 6.88. The molecule has 0 aliphatic carbocycles. The van der Waals surface area contributed by atoms with Gasteiger partial charge in [-0.1, -0.05) is 50.8 Å². The van der Waals surface area contributed by atoms with Gasteiger partial charge in [0.25, 0.3) is 0 Å². The number of nitrogens with zero attached hydrogens (tertiary/aromatic N) is 1. The van der Waals surface area contributed by atoms with Crippen LogP contribution in [0.2, 0.25) is 0 Å². The van der Waals surface area contributed by atoms with Gasteiger partial charge in [0.15, 0.2) is 0 Å². The lowest BCUT2D eigenvalue weighted by atomic mass is 10.1. The normalized spacial score (nSPS) is 11.2. The van der Waals surface area contributed by atoms with Crippen LogP contribution in [0, 0.1) is 6.92 Å². The van der Waals surface area contributed by atoms with Crippen LogP contribution in [0.25, 0.3) is 10.9 Å². The molecular weight excluding hydrogens is 206 g/mol. The number of rotatable bonds is 6. The number of unbranched alkanes of at least 4 members (excludes halogenated alkanes) is 4. The fourth-order valence-electron chi connectivity index (χ4n) is 2.52. The molecule has 0 radical (unpaired) electrons. The van der Waals surface area contributed by atoms with E-state index in [0.717, 1.165) is 0 Å². The number of aromatic nitrogens is 1. The number of para-hydroxylation sites is 1. The predicted molar refractivity (Wildman–Crippen MR) is 75.4 cm³/mol. The van der Waals surface area contributed by atoms with Crippen LogP contribution in [-0.2, 0) is 6.54 Å². The molecule has 1 nitrogen and oxygen atoms in total. The van der Waals surface area contributed by atoms with Crippen LogP contribution in [0.4, 0.5) is 0 Å². The summed E-state index contributed by atoms with van der Waals surface area (Å²) in [5, 5.41) is 1.37. The molecule has 1 heterocycles. The molecule has 17 heavy (non-hydrogen) atoms. The van der Waals surface area contributed by atoms with Gasteiger partial charge in [0.05, 0.1) is 0 Å². The smallest absolute Gasteiger partial charge is 0.0482 e. The van der Waals surface area contributed by atoms with Crippen LogP contribution in [-0.4, -0.2) is 4.57 Å². The molecule has 0 saturated heterocycles. The zero-order valence-corrected chi connectivity index (χ0v) is 11.1. The van der Waals surface area contributed by atoms with E-state index in [-0.39, 0.29) is 0 Å². The Kier molecular flexibility index (Phi) is 4.24. The summed E-state index contributed by atoms with van der Waals surface area (Å²) in [6.45, 7) is 5.65. The van der Waals surface area contributed by atoms with Gasteiger partial charge in [-0.05, 0) is 30.9 Å². The van der Waals surface area contributed by atoms with Crippen molar-refractivity contribution in [3.63, 3.8) is 0 Å². The second kappa shape index (κ2) is 5.90. The summed E-state index contributed by atoms with van der Waals surface area (Å²) >= 11 is 0. The average molecular weight is 229 g/mol. The third kappa shape index (κ3) is 2.91. The number of hydrogen-bond donors (Lipinski definition) is 0. The minimum Gasteiger partial charge on any atom is -0.345 e. The van der Waals surface area contributed by atoms with E-state index in [0.29, 0.717) is 0 Å². The molecule has 1 heteroatoms. The third-order valence-corrected chi connectivity index (χ3v) is 3.50. The van der Waals surface area contributed by atoms with Crippen molar-refractivity contribution >= 4 is 10.9 Å². The van der Waals surface area contributed by atoms with Gasteiger partial charge >= 0.3 is 0 Å². The monoisotopic (exact) mass is 229 g/mol. The van der Waals surface area contributed by atoms with Crippen LogP contribution < -0.4 is 0 Å². The van der Waals surface area contributed by atoms with Crippen LogP contribution >= 0.6 is 0 Å². The van der Waals surface area contributed by atoms with Gasteiger partial charge in [0.2, 0.25) is 0 Å². The number of hydrogen-bond acceptors (Lipinski definition) is 0. The van der Waals surface area contributed by atoms with Crippen molar-refractivity contribution in [1.29, 1.82) is 0 Å². The van der Waals surface area contributed by atoms with Gasteiger partial charge in [0, 0.05) is 17.8 Å². The first kappa shape index (κ1) is 12.2. The van der Waals surface area contributed by atoms with Crippen molar-refractivity contribution in [2.75, 3.05) is 0 Å². The van der Waals surface area contributed by atoms with Crippen molar-refractivity contribution < 1.29 is 0 Å². The fourth-order valence-corrected chi connectivity index (χ4v) is 2.52. The molecular formula is C16H23N. The zero-order valence-electron chi connectivity index (χ0n) is 11.1. The van der Waals surface area contributed by atoms with Gasteiger partial charge in [-0.15, -0.1) is 0 Å². The Balaban J connectivity index is 2.00. The van der Waals surface area contributed by atoms with Crippen molar-refractivity contribution in [3.05, 3.63) is 36.0 Å². The number of fused-ring (bicyclic) bond motifs is 1. The third-order valence-electron chi connectivity index (χ3n) is 3.50. The molecule has 1 aromatic heterocycles. The van der Waals surface area contributed by atoms with Gasteiger partial charge in [-0.2, -0.15) is 0 Å². The highest BCUT2D eigenvalue weighted by molar-refractivity contribution is 5.81. The lowest BCUT2D eigenvalue weighted by Crippen LogP contribution is -1.99. The summed E-state index contributed by atoms with van der Waals surface area (Å²) in [7, 11) is 0. The number of benzene rings is 1. The quantitative estimate of drug-likeness (QED) is 0.620. The van der Waals surface area contributed by atoms with E-state index in [9.17, 15) is 0 Å². The minimum atomic E-state index is 1.17. The molecule has 0 amide bonds. The van der Waals surface area contributed by atoms with Crippen molar-refractivity contribution in [2.45, 2.75) is 52.5 Å². The summed E-state index contributed by atoms with van der Waals surface area (Å²) in [4.78, 5) is 0. The summed E-state index contributed by atoms with van der Waals surface area (Å²) in [5.41, 5.74) is 2.78. The summed E-state index contributed by atoms with van der Waals surface area (Å²) in [6.07, 6.45) is 6.75. The van der Waals surface area contributed by atoms with Crippen LogP contribution in [0.3, 0.4) is 0 Å². The van der Waals surface area contributed by atoms with Gasteiger partial charge in [0.1, 0.15) is 0 Å². The molecule has 0 bridgehead atoms. The number of aryl methyl sites for hydroxylation is 2. The van der Waals surface area contributed by atoms with Crippen molar-refractivity contribution in [1.82, 2.24) is 4.57 Å². The Labute approximate surface area is 104 Å². The molecule has 0 fully saturated rings. The molecule has 0 aliphatic heterocycles. The van der Waals surface area contributed by atoms with E-state index in [4.69, 9.17) is 0 Å². The highest BCUT2D eigenvalue weighted by Gasteiger charge is 2.03.